The van der Waals surface area contributed by atoms with E-state index in [4.69, 9.17) is 4.74 Å². The zero-order valence-corrected chi connectivity index (χ0v) is 14.2. The van der Waals surface area contributed by atoms with Gasteiger partial charge in [0, 0.05) is 18.7 Å². The molecule has 0 N–H and O–H groups in total. The summed E-state index contributed by atoms with van der Waals surface area (Å²) in [5, 5.41) is 0. The Morgan fingerprint density at radius 3 is 2.68 bits per heavy atom. The van der Waals surface area contributed by atoms with E-state index >= 15 is 0 Å². The van der Waals surface area contributed by atoms with E-state index in [1.165, 1.54) is 0 Å². The monoisotopic (exact) mass is 337 g/mol. The highest BCUT2D eigenvalue weighted by molar-refractivity contribution is 6.00. The summed E-state index contributed by atoms with van der Waals surface area (Å²) in [4.78, 5) is 37.5. The van der Waals surface area contributed by atoms with Gasteiger partial charge in [-0.2, -0.15) is 0 Å². The molecule has 3 rings (SSSR count). The molecule has 1 aliphatic rings. The van der Waals surface area contributed by atoms with Crippen LogP contribution in [-0.4, -0.2) is 24.7 Å². The number of aryl methyl sites for hydroxylation is 1. The van der Waals surface area contributed by atoms with Crippen LogP contribution in [0.25, 0.3) is 0 Å². The first-order valence-corrected chi connectivity index (χ1v) is 8.13. The van der Waals surface area contributed by atoms with Crippen LogP contribution in [0.5, 0.6) is 5.75 Å². The van der Waals surface area contributed by atoms with Crippen LogP contribution in [0.3, 0.4) is 0 Å². The maximum atomic E-state index is 12.4. The minimum absolute atomic E-state index is 0.0978. The third-order valence-electron chi connectivity index (χ3n) is 4.58. The van der Waals surface area contributed by atoms with Crippen molar-refractivity contribution in [3.05, 3.63) is 59.2 Å². The van der Waals surface area contributed by atoms with Gasteiger partial charge in [0.1, 0.15) is 5.75 Å². The average molecular weight is 337 g/mol. The quantitative estimate of drug-likeness (QED) is 0.489. The summed E-state index contributed by atoms with van der Waals surface area (Å²) in [6, 6.07) is 12.3. The number of aldehydes is 1. The molecule has 1 saturated heterocycles. The van der Waals surface area contributed by atoms with Crippen LogP contribution < -0.4 is 9.64 Å². The maximum Gasteiger partial charge on any atom is 0.316 e. The zero-order chi connectivity index (χ0) is 18.0. The number of anilines is 1. The molecule has 0 radical (unpaired) electrons. The van der Waals surface area contributed by atoms with Gasteiger partial charge >= 0.3 is 5.97 Å². The molecule has 0 spiro atoms. The van der Waals surface area contributed by atoms with Crippen molar-refractivity contribution in [2.45, 2.75) is 20.3 Å². The van der Waals surface area contributed by atoms with Gasteiger partial charge in [0.25, 0.3) is 0 Å². The summed E-state index contributed by atoms with van der Waals surface area (Å²) in [5.74, 6) is -0.915. The van der Waals surface area contributed by atoms with Crippen LogP contribution in [0.4, 0.5) is 5.69 Å². The predicted molar refractivity (Wildman–Crippen MR) is 93.8 cm³/mol. The van der Waals surface area contributed by atoms with Crippen molar-refractivity contribution >= 4 is 23.9 Å². The van der Waals surface area contributed by atoms with Crippen molar-refractivity contribution in [1.82, 2.24) is 0 Å². The summed E-state index contributed by atoms with van der Waals surface area (Å²) in [5.41, 5.74) is 3.26. The number of para-hydroxylation sites is 1. The van der Waals surface area contributed by atoms with Crippen LogP contribution in [0.2, 0.25) is 0 Å². The number of amides is 1. The van der Waals surface area contributed by atoms with Crippen LogP contribution in [0, 0.1) is 19.8 Å². The molecule has 1 aliphatic heterocycles. The zero-order valence-electron chi connectivity index (χ0n) is 14.2. The van der Waals surface area contributed by atoms with Crippen molar-refractivity contribution in [3.8, 4) is 5.75 Å². The lowest BCUT2D eigenvalue weighted by molar-refractivity contribution is -0.139. The summed E-state index contributed by atoms with van der Waals surface area (Å²) in [7, 11) is 0. The highest BCUT2D eigenvalue weighted by Crippen LogP contribution is 2.30. The van der Waals surface area contributed by atoms with Crippen LogP contribution >= 0.6 is 0 Å². The number of hydrogen-bond acceptors (Lipinski definition) is 4. The molecule has 2 aromatic carbocycles. The standard InChI is InChI=1S/C20H19NO4/c1-13-6-5-8-17(14(13)2)21-11-16(10-19(21)23)20(24)25-18-9-4-3-7-15(18)12-22/h3-9,12,16H,10-11H2,1-2H3/t16-/m0/s1. The van der Waals surface area contributed by atoms with E-state index in [0.29, 0.717) is 11.8 Å². The van der Waals surface area contributed by atoms with Gasteiger partial charge in [-0.1, -0.05) is 24.3 Å². The highest BCUT2D eigenvalue weighted by Gasteiger charge is 2.37. The predicted octanol–water partition coefficient (Wildman–Crippen LogP) is 3.07. The molecular formula is C20H19NO4. The highest BCUT2D eigenvalue weighted by atomic mass is 16.5. The number of hydrogen-bond donors (Lipinski definition) is 0. The second-order valence-electron chi connectivity index (χ2n) is 6.20. The molecule has 1 fully saturated rings. The van der Waals surface area contributed by atoms with E-state index in [-0.39, 0.29) is 24.6 Å². The maximum absolute atomic E-state index is 12.4. The van der Waals surface area contributed by atoms with E-state index < -0.39 is 11.9 Å². The van der Waals surface area contributed by atoms with Gasteiger partial charge in [-0.15, -0.1) is 0 Å². The first kappa shape index (κ1) is 16.9. The van der Waals surface area contributed by atoms with E-state index in [2.05, 4.69) is 0 Å². The Hall–Kier alpha value is -2.95. The lowest BCUT2D eigenvalue weighted by Crippen LogP contribution is -2.28. The second kappa shape index (κ2) is 6.89. The third-order valence-corrected chi connectivity index (χ3v) is 4.58. The fourth-order valence-corrected chi connectivity index (χ4v) is 2.99. The molecule has 0 bridgehead atoms. The largest absolute Gasteiger partial charge is 0.425 e. The lowest BCUT2D eigenvalue weighted by Gasteiger charge is -2.20. The van der Waals surface area contributed by atoms with E-state index in [9.17, 15) is 14.4 Å². The molecule has 5 nitrogen and oxygen atoms in total. The van der Waals surface area contributed by atoms with Gasteiger partial charge < -0.3 is 9.64 Å². The Morgan fingerprint density at radius 1 is 1.16 bits per heavy atom. The Bertz CT molecular complexity index is 843. The van der Waals surface area contributed by atoms with Crippen LogP contribution in [0.1, 0.15) is 27.9 Å². The summed E-state index contributed by atoms with van der Waals surface area (Å²) >= 11 is 0. The number of rotatable bonds is 4. The number of ether oxygens (including phenoxy) is 1. The van der Waals surface area contributed by atoms with Crippen LogP contribution in [0.15, 0.2) is 42.5 Å². The smallest absolute Gasteiger partial charge is 0.316 e. The van der Waals surface area contributed by atoms with Gasteiger partial charge in [0.15, 0.2) is 6.29 Å². The van der Waals surface area contributed by atoms with Crippen molar-refractivity contribution in [2.75, 3.05) is 11.4 Å². The average Bonchev–Trinajstić information content (AvgIpc) is 2.99. The van der Waals surface area contributed by atoms with Crippen molar-refractivity contribution < 1.29 is 19.1 Å². The Morgan fingerprint density at radius 2 is 1.92 bits per heavy atom. The Labute approximate surface area is 146 Å². The molecule has 128 valence electrons. The molecule has 1 heterocycles. The second-order valence-corrected chi connectivity index (χ2v) is 6.20. The van der Waals surface area contributed by atoms with Gasteiger partial charge in [-0.3, -0.25) is 14.4 Å². The first-order chi connectivity index (χ1) is 12.0. The van der Waals surface area contributed by atoms with E-state index in [0.717, 1.165) is 16.8 Å². The molecule has 25 heavy (non-hydrogen) atoms. The molecule has 2 aromatic rings. The molecule has 1 amide bonds. The summed E-state index contributed by atoms with van der Waals surface area (Å²) < 4.78 is 5.36. The van der Waals surface area contributed by atoms with Gasteiger partial charge in [-0.05, 0) is 43.2 Å². The summed E-state index contributed by atoms with van der Waals surface area (Å²) in [6.45, 7) is 4.23. The molecule has 5 heteroatoms. The van der Waals surface area contributed by atoms with Crippen molar-refractivity contribution in [2.24, 2.45) is 5.92 Å². The Kier molecular flexibility index (Phi) is 4.65. The van der Waals surface area contributed by atoms with Crippen molar-refractivity contribution in [1.29, 1.82) is 0 Å². The number of carbonyl (C=O) groups is 3. The lowest BCUT2D eigenvalue weighted by atomic mass is 10.1. The number of benzene rings is 2. The first-order valence-electron chi connectivity index (χ1n) is 8.13. The fraction of sp³-hybridized carbons (Fsp3) is 0.250. The molecule has 0 aliphatic carbocycles. The SMILES string of the molecule is Cc1cccc(N2C[C@@H](C(=O)Oc3ccccc3C=O)CC2=O)c1C. The summed E-state index contributed by atoms with van der Waals surface area (Å²) in [6.07, 6.45) is 0.750. The normalized spacial score (nSPS) is 16.8. The van der Waals surface area contributed by atoms with Gasteiger partial charge in [0.2, 0.25) is 5.91 Å². The topological polar surface area (TPSA) is 63.7 Å². The van der Waals surface area contributed by atoms with E-state index in [1.807, 2.05) is 32.0 Å². The Balaban J connectivity index is 1.77. The minimum Gasteiger partial charge on any atom is -0.425 e. The van der Waals surface area contributed by atoms with Gasteiger partial charge in [0.05, 0.1) is 11.5 Å². The number of nitrogens with zero attached hydrogens (tertiary/aromatic N) is 1. The fourth-order valence-electron chi connectivity index (χ4n) is 2.99. The minimum atomic E-state index is -0.549. The molecule has 0 saturated carbocycles. The van der Waals surface area contributed by atoms with Crippen molar-refractivity contribution in [3.63, 3.8) is 0 Å². The molecule has 0 unspecified atom stereocenters. The third kappa shape index (κ3) is 3.31. The van der Waals surface area contributed by atoms with Gasteiger partial charge in [-0.25, -0.2) is 0 Å². The number of carbonyl (C=O) groups excluding carboxylic acids is 3. The number of esters is 1. The van der Waals surface area contributed by atoms with Crippen LogP contribution in [-0.2, 0) is 9.59 Å². The molecular weight excluding hydrogens is 318 g/mol. The molecule has 1 atom stereocenters. The molecule has 0 aromatic heterocycles. The van der Waals surface area contributed by atoms with E-state index in [1.54, 1.807) is 29.2 Å².